The molecular formula is C11H23NO. The molecule has 0 aliphatic heterocycles. The van der Waals surface area contributed by atoms with E-state index in [2.05, 4.69) is 12.2 Å². The van der Waals surface area contributed by atoms with Gasteiger partial charge in [-0.2, -0.15) is 0 Å². The molecule has 0 unspecified atom stereocenters. The number of hydrogen-bond donors (Lipinski definition) is 2. The van der Waals surface area contributed by atoms with E-state index in [1.165, 1.54) is 44.9 Å². The highest BCUT2D eigenvalue weighted by molar-refractivity contribution is 4.72. The first-order valence-corrected chi connectivity index (χ1v) is 5.70. The number of aliphatic hydroxyl groups is 1. The van der Waals surface area contributed by atoms with Gasteiger partial charge in [-0.3, -0.25) is 0 Å². The van der Waals surface area contributed by atoms with Crippen LogP contribution in [0.4, 0.5) is 0 Å². The van der Waals surface area contributed by atoms with Gasteiger partial charge in [0.2, 0.25) is 0 Å². The summed E-state index contributed by atoms with van der Waals surface area (Å²) in [7, 11) is 0. The molecule has 2 heteroatoms. The molecule has 0 radical (unpaired) electrons. The average Bonchev–Trinajstić information content (AvgIpc) is 2.09. The van der Waals surface area contributed by atoms with Gasteiger partial charge in [0.15, 0.2) is 0 Å². The molecule has 1 aliphatic carbocycles. The van der Waals surface area contributed by atoms with Gasteiger partial charge in [0.1, 0.15) is 0 Å². The van der Waals surface area contributed by atoms with E-state index in [1.807, 2.05) is 0 Å². The van der Waals surface area contributed by atoms with E-state index in [0.717, 1.165) is 0 Å². The van der Waals surface area contributed by atoms with E-state index >= 15 is 0 Å². The van der Waals surface area contributed by atoms with Crippen molar-refractivity contribution in [2.24, 2.45) is 0 Å². The number of aliphatic hydroxyl groups excluding tert-OH is 1. The van der Waals surface area contributed by atoms with Gasteiger partial charge in [0.25, 0.3) is 0 Å². The van der Waals surface area contributed by atoms with Gasteiger partial charge in [-0.1, -0.05) is 32.1 Å². The van der Waals surface area contributed by atoms with Crippen LogP contribution in [0.1, 0.15) is 51.9 Å². The largest absolute Gasteiger partial charge is 0.395 e. The van der Waals surface area contributed by atoms with Gasteiger partial charge in [-0.15, -0.1) is 0 Å². The zero-order valence-corrected chi connectivity index (χ0v) is 8.76. The fourth-order valence-corrected chi connectivity index (χ4v) is 2.08. The highest BCUT2D eigenvalue weighted by Gasteiger charge is 2.12. The molecule has 78 valence electrons. The van der Waals surface area contributed by atoms with Gasteiger partial charge < -0.3 is 10.4 Å². The summed E-state index contributed by atoms with van der Waals surface area (Å²) in [4.78, 5) is 0. The maximum Gasteiger partial charge on any atom is 0.0582 e. The third-order valence-corrected chi connectivity index (χ3v) is 2.90. The van der Waals surface area contributed by atoms with Crippen molar-refractivity contribution in [2.75, 3.05) is 6.61 Å². The zero-order chi connectivity index (χ0) is 9.52. The standard InChI is InChI=1S/C11H23NO/c1-10(9-13)12-11-7-5-3-2-4-6-8-11/h10-13H,2-9H2,1H3/t10-/m1/s1. The Morgan fingerprint density at radius 3 is 2.23 bits per heavy atom. The predicted octanol–water partition coefficient (Wildman–Crippen LogP) is 2.07. The van der Waals surface area contributed by atoms with Crippen molar-refractivity contribution in [3.8, 4) is 0 Å². The smallest absolute Gasteiger partial charge is 0.0582 e. The van der Waals surface area contributed by atoms with E-state index < -0.39 is 0 Å². The maximum absolute atomic E-state index is 8.93. The summed E-state index contributed by atoms with van der Waals surface area (Å²) in [6.07, 6.45) is 9.51. The van der Waals surface area contributed by atoms with E-state index in [0.29, 0.717) is 6.04 Å². The molecule has 2 nitrogen and oxygen atoms in total. The van der Waals surface area contributed by atoms with Gasteiger partial charge in [0.05, 0.1) is 6.61 Å². The van der Waals surface area contributed by atoms with E-state index in [-0.39, 0.29) is 12.6 Å². The van der Waals surface area contributed by atoms with Crippen LogP contribution in [0.25, 0.3) is 0 Å². The topological polar surface area (TPSA) is 32.3 Å². The Labute approximate surface area is 81.7 Å². The van der Waals surface area contributed by atoms with Crippen LogP contribution in [0, 0.1) is 0 Å². The predicted molar refractivity (Wildman–Crippen MR) is 55.8 cm³/mol. The minimum atomic E-state index is 0.260. The fourth-order valence-electron chi connectivity index (χ4n) is 2.08. The van der Waals surface area contributed by atoms with Crippen molar-refractivity contribution < 1.29 is 5.11 Å². The van der Waals surface area contributed by atoms with Gasteiger partial charge in [-0.05, 0) is 19.8 Å². The summed E-state index contributed by atoms with van der Waals surface area (Å²) in [5.41, 5.74) is 0. The lowest BCUT2D eigenvalue weighted by molar-refractivity contribution is 0.231. The molecule has 0 bridgehead atoms. The minimum Gasteiger partial charge on any atom is -0.395 e. The van der Waals surface area contributed by atoms with E-state index in [9.17, 15) is 0 Å². The Balaban J connectivity index is 2.21. The van der Waals surface area contributed by atoms with Gasteiger partial charge >= 0.3 is 0 Å². The molecule has 0 saturated heterocycles. The van der Waals surface area contributed by atoms with Crippen molar-refractivity contribution in [3.63, 3.8) is 0 Å². The Morgan fingerprint density at radius 1 is 1.15 bits per heavy atom. The highest BCUT2D eigenvalue weighted by Crippen LogP contribution is 2.17. The van der Waals surface area contributed by atoms with Gasteiger partial charge in [0, 0.05) is 12.1 Å². The molecule has 2 N–H and O–H groups in total. The molecule has 0 aromatic rings. The Morgan fingerprint density at radius 2 is 1.69 bits per heavy atom. The van der Waals surface area contributed by atoms with Crippen LogP contribution < -0.4 is 5.32 Å². The molecule has 0 spiro atoms. The van der Waals surface area contributed by atoms with Crippen LogP contribution in [0.5, 0.6) is 0 Å². The molecule has 1 aliphatic rings. The Kier molecular flexibility index (Phi) is 5.40. The summed E-state index contributed by atoms with van der Waals surface area (Å²) in [6.45, 7) is 2.31. The molecular weight excluding hydrogens is 162 g/mol. The fraction of sp³-hybridized carbons (Fsp3) is 1.00. The van der Waals surface area contributed by atoms with Crippen LogP contribution in [-0.4, -0.2) is 23.8 Å². The lowest BCUT2D eigenvalue weighted by Crippen LogP contribution is -2.38. The van der Waals surface area contributed by atoms with E-state index in [4.69, 9.17) is 5.11 Å². The SMILES string of the molecule is C[C@H](CO)NC1CCCCCCC1. The van der Waals surface area contributed by atoms with Crippen molar-refractivity contribution in [2.45, 2.75) is 64.0 Å². The first-order valence-electron chi connectivity index (χ1n) is 5.70. The number of hydrogen-bond acceptors (Lipinski definition) is 2. The molecule has 0 aromatic carbocycles. The molecule has 0 heterocycles. The molecule has 1 saturated carbocycles. The number of nitrogens with one attached hydrogen (secondary N) is 1. The molecule has 0 aromatic heterocycles. The van der Waals surface area contributed by atoms with Crippen LogP contribution in [-0.2, 0) is 0 Å². The monoisotopic (exact) mass is 185 g/mol. The normalized spacial score (nSPS) is 23.5. The minimum absolute atomic E-state index is 0.260. The van der Waals surface area contributed by atoms with Crippen LogP contribution >= 0.6 is 0 Å². The Bertz CT molecular complexity index is 119. The first kappa shape index (κ1) is 11.0. The Hall–Kier alpha value is -0.0800. The molecule has 0 amide bonds. The first-order chi connectivity index (χ1) is 6.33. The summed E-state index contributed by atoms with van der Waals surface area (Å²) in [5, 5.41) is 12.4. The molecule has 1 fully saturated rings. The third kappa shape index (κ3) is 4.63. The number of rotatable bonds is 3. The second-order valence-electron chi connectivity index (χ2n) is 4.29. The summed E-state index contributed by atoms with van der Waals surface area (Å²) in [5.74, 6) is 0. The van der Waals surface area contributed by atoms with E-state index in [1.54, 1.807) is 0 Å². The quantitative estimate of drug-likeness (QED) is 0.705. The molecule has 13 heavy (non-hydrogen) atoms. The average molecular weight is 185 g/mol. The van der Waals surface area contributed by atoms with Gasteiger partial charge in [-0.25, -0.2) is 0 Å². The molecule has 1 rings (SSSR count). The van der Waals surface area contributed by atoms with Crippen molar-refractivity contribution in [1.29, 1.82) is 0 Å². The van der Waals surface area contributed by atoms with Crippen molar-refractivity contribution in [1.82, 2.24) is 5.32 Å². The maximum atomic E-state index is 8.93. The second kappa shape index (κ2) is 6.39. The van der Waals surface area contributed by atoms with Crippen LogP contribution in [0.2, 0.25) is 0 Å². The lowest BCUT2D eigenvalue weighted by atomic mass is 9.96. The summed E-state index contributed by atoms with van der Waals surface area (Å²) < 4.78 is 0. The second-order valence-corrected chi connectivity index (χ2v) is 4.29. The lowest BCUT2D eigenvalue weighted by Gasteiger charge is -2.24. The zero-order valence-electron chi connectivity index (χ0n) is 8.76. The third-order valence-electron chi connectivity index (χ3n) is 2.90. The molecule has 1 atom stereocenters. The van der Waals surface area contributed by atoms with Crippen LogP contribution in [0.15, 0.2) is 0 Å². The van der Waals surface area contributed by atoms with Crippen molar-refractivity contribution >= 4 is 0 Å². The van der Waals surface area contributed by atoms with Crippen LogP contribution in [0.3, 0.4) is 0 Å². The van der Waals surface area contributed by atoms with Crippen molar-refractivity contribution in [3.05, 3.63) is 0 Å². The highest BCUT2D eigenvalue weighted by atomic mass is 16.3. The summed E-state index contributed by atoms with van der Waals surface area (Å²) in [6, 6.07) is 0.923. The summed E-state index contributed by atoms with van der Waals surface area (Å²) >= 11 is 0.